The van der Waals surface area contributed by atoms with Crippen molar-refractivity contribution in [2.24, 2.45) is 0 Å². The largest absolute Gasteiger partial charge is 0.481 e. The zero-order chi connectivity index (χ0) is 16.0. The van der Waals surface area contributed by atoms with E-state index in [0.29, 0.717) is 12.2 Å². The van der Waals surface area contributed by atoms with E-state index in [4.69, 9.17) is 4.74 Å². The first-order valence-corrected chi connectivity index (χ1v) is 7.55. The van der Waals surface area contributed by atoms with Gasteiger partial charge in [-0.2, -0.15) is 0 Å². The average Bonchev–Trinajstić information content (AvgIpc) is 2.46. The predicted molar refractivity (Wildman–Crippen MR) is 84.3 cm³/mol. The topological polar surface area (TPSA) is 58.6 Å². The Kier molecular flexibility index (Phi) is 6.21. The van der Waals surface area contributed by atoms with Crippen LogP contribution in [0.4, 0.5) is 0 Å². The number of aliphatic hydroxyl groups is 1. The second kappa shape index (κ2) is 7.46. The van der Waals surface area contributed by atoms with Gasteiger partial charge < -0.3 is 15.2 Å². The number of hydrogen-bond donors (Lipinski definition) is 2. The third-order valence-corrected chi connectivity index (χ3v) is 3.68. The van der Waals surface area contributed by atoms with E-state index in [1.807, 2.05) is 39.8 Å². The Morgan fingerprint density at radius 1 is 1.29 bits per heavy atom. The lowest BCUT2D eigenvalue weighted by molar-refractivity contribution is -0.128. The second-order valence-electron chi connectivity index (χ2n) is 5.98. The molecular weight excluding hydrogens is 266 g/mol. The van der Waals surface area contributed by atoms with Crippen LogP contribution in [-0.2, 0) is 4.79 Å². The summed E-state index contributed by atoms with van der Waals surface area (Å²) in [6, 6.07) is 7.21. The Morgan fingerprint density at radius 3 is 2.33 bits per heavy atom. The molecule has 2 N–H and O–H groups in total. The standard InChI is InChI=1S/C17H27NO3/c1-6-15(19)13-8-10-14(11-9-13)21-12(3)16(20)18-17(4,5)7-2/h8-12,15,19H,6-7H2,1-5H3,(H,18,20). The number of rotatable bonds is 7. The van der Waals surface area contributed by atoms with Gasteiger partial charge in [0.2, 0.25) is 0 Å². The minimum atomic E-state index is -0.558. The van der Waals surface area contributed by atoms with Crippen LogP contribution >= 0.6 is 0 Å². The molecule has 0 bridgehead atoms. The van der Waals surface area contributed by atoms with Gasteiger partial charge in [0.15, 0.2) is 6.10 Å². The fourth-order valence-corrected chi connectivity index (χ4v) is 1.79. The van der Waals surface area contributed by atoms with Crippen LogP contribution in [0, 0.1) is 0 Å². The van der Waals surface area contributed by atoms with Gasteiger partial charge >= 0.3 is 0 Å². The van der Waals surface area contributed by atoms with Crippen LogP contribution in [0.1, 0.15) is 59.1 Å². The van der Waals surface area contributed by atoms with Crippen molar-refractivity contribution >= 4 is 5.91 Å². The van der Waals surface area contributed by atoms with E-state index >= 15 is 0 Å². The van der Waals surface area contributed by atoms with Gasteiger partial charge in [-0.25, -0.2) is 0 Å². The lowest BCUT2D eigenvalue weighted by atomic mass is 10.0. The molecule has 0 fully saturated rings. The Labute approximate surface area is 127 Å². The van der Waals surface area contributed by atoms with Crippen LogP contribution in [0.3, 0.4) is 0 Å². The van der Waals surface area contributed by atoms with Crippen LogP contribution in [-0.4, -0.2) is 22.7 Å². The average molecular weight is 293 g/mol. The van der Waals surface area contributed by atoms with E-state index < -0.39 is 12.2 Å². The summed E-state index contributed by atoms with van der Waals surface area (Å²) in [6.07, 6.45) is 0.517. The van der Waals surface area contributed by atoms with Crippen molar-refractivity contribution < 1.29 is 14.6 Å². The van der Waals surface area contributed by atoms with Crippen molar-refractivity contribution in [2.45, 2.75) is 65.2 Å². The Balaban J connectivity index is 2.62. The molecule has 118 valence electrons. The monoisotopic (exact) mass is 293 g/mol. The molecule has 2 unspecified atom stereocenters. The fourth-order valence-electron chi connectivity index (χ4n) is 1.79. The van der Waals surface area contributed by atoms with Crippen molar-refractivity contribution in [3.8, 4) is 5.75 Å². The molecule has 0 spiro atoms. The maximum absolute atomic E-state index is 12.1. The van der Waals surface area contributed by atoms with E-state index in [0.717, 1.165) is 12.0 Å². The summed E-state index contributed by atoms with van der Waals surface area (Å²) in [5.41, 5.74) is 0.623. The number of ether oxygens (including phenoxy) is 1. The highest BCUT2D eigenvalue weighted by Crippen LogP contribution is 2.20. The molecule has 1 amide bonds. The second-order valence-corrected chi connectivity index (χ2v) is 5.98. The number of carbonyl (C=O) groups excluding carboxylic acids is 1. The number of hydrogen-bond acceptors (Lipinski definition) is 3. The first kappa shape index (κ1) is 17.5. The third-order valence-electron chi connectivity index (χ3n) is 3.68. The zero-order valence-electron chi connectivity index (χ0n) is 13.6. The van der Waals surface area contributed by atoms with Crippen molar-refractivity contribution in [1.82, 2.24) is 5.32 Å². The normalized spacial score (nSPS) is 14.4. The van der Waals surface area contributed by atoms with Crippen molar-refractivity contribution in [3.05, 3.63) is 29.8 Å². The Morgan fingerprint density at radius 2 is 1.86 bits per heavy atom. The van der Waals surface area contributed by atoms with Gasteiger partial charge in [0.25, 0.3) is 5.91 Å². The Bertz CT molecular complexity index is 454. The van der Waals surface area contributed by atoms with E-state index in [9.17, 15) is 9.90 Å². The molecule has 0 aromatic heterocycles. The first-order chi connectivity index (χ1) is 9.79. The molecule has 21 heavy (non-hydrogen) atoms. The van der Waals surface area contributed by atoms with E-state index in [1.54, 1.807) is 19.1 Å². The molecule has 0 aliphatic rings. The lowest BCUT2D eigenvalue weighted by Gasteiger charge is -2.26. The maximum Gasteiger partial charge on any atom is 0.261 e. The summed E-state index contributed by atoms with van der Waals surface area (Å²) in [4.78, 5) is 12.1. The zero-order valence-corrected chi connectivity index (χ0v) is 13.6. The third kappa shape index (κ3) is 5.38. The van der Waals surface area contributed by atoms with Crippen LogP contribution in [0.15, 0.2) is 24.3 Å². The van der Waals surface area contributed by atoms with Crippen molar-refractivity contribution in [1.29, 1.82) is 0 Å². The molecule has 1 aromatic carbocycles. The lowest BCUT2D eigenvalue weighted by Crippen LogP contribution is -2.48. The van der Waals surface area contributed by atoms with Crippen molar-refractivity contribution in [3.63, 3.8) is 0 Å². The number of carbonyl (C=O) groups is 1. The summed E-state index contributed by atoms with van der Waals surface area (Å²) in [7, 11) is 0. The van der Waals surface area contributed by atoms with Crippen LogP contribution in [0.25, 0.3) is 0 Å². The minimum Gasteiger partial charge on any atom is -0.481 e. The molecule has 4 heteroatoms. The number of benzene rings is 1. The summed E-state index contributed by atoms with van der Waals surface area (Å²) in [6.45, 7) is 9.66. The van der Waals surface area contributed by atoms with Gasteiger partial charge in [-0.15, -0.1) is 0 Å². The van der Waals surface area contributed by atoms with E-state index in [-0.39, 0.29) is 11.4 Å². The highest BCUT2D eigenvalue weighted by Gasteiger charge is 2.22. The quantitative estimate of drug-likeness (QED) is 0.811. The van der Waals surface area contributed by atoms with Gasteiger partial charge in [0.1, 0.15) is 5.75 Å². The molecule has 0 heterocycles. The van der Waals surface area contributed by atoms with Gasteiger partial charge in [0, 0.05) is 5.54 Å². The molecule has 0 saturated heterocycles. The van der Waals surface area contributed by atoms with Crippen LogP contribution in [0.2, 0.25) is 0 Å². The first-order valence-electron chi connectivity index (χ1n) is 7.55. The van der Waals surface area contributed by atoms with Crippen LogP contribution in [0.5, 0.6) is 5.75 Å². The van der Waals surface area contributed by atoms with E-state index in [1.165, 1.54) is 0 Å². The summed E-state index contributed by atoms with van der Waals surface area (Å²) >= 11 is 0. The molecule has 0 radical (unpaired) electrons. The maximum atomic E-state index is 12.1. The highest BCUT2D eigenvalue weighted by atomic mass is 16.5. The number of aliphatic hydroxyl groups excluding tert-OH is 1. The van der Waals surface area contributed by atoms with E-state index in [2.05, 4.69) is 5.32 Å². The van der Waals surface area contributed by atoms with Gasteiger partial charge in [0.05, 0.1) is 6.10 Å². The Hall–Kier alpha value is -1.55. The molecule has 2 atom stereocenters. The molecule has 4 nitrogen and oxygen atoms in total. The van der Waals surface area contributed by atoms with Gasteiger partial charge in [-0.1, -0.05) is 26.0 Å². The van der Waals surface area contributed by atoms with Crippen molar-refractivity contribution in [2.75, 3.05) is 0 Å². The summed E-state index contributed by atoms with van der Waals surface area (Å²) in [5.74, 6) is 0.499. The molecule has 0 aliphatic heterocycles. The summed E-state index contributed by atoms with van der Waals surface area (Å²) < 4.78 is 5.64. The smallest absolute Gasteiger partial charge is 0.261 e. The molecule has 1 rings (SSSR count). The molecule has 0 saturated carbocycles. The number of nitrogens with one attached hydrogen (secondary N) is 1. The van der Waals surface area contributed by atoms with Crippen LogP contribution < -0.4 is 10.1 Å². The SMILES string of the molecule is CCC(O)c1ccc(OC(C)C(=O)NC(C)(C)CC)cc1. The summed E-state index contributed by atoms with van der Waals surface area (Å²) in [5, 5.41) is 12.7. The fraction of sp³-hybridized carbons (Fsp3) is 0.588. The molecule has 0 aliphatic carbocycles. The van der Waals surface area contributed by atoms with Gasteiger partial charge in [-0.05, 0) is 51.3 Å². The highest BCUT2D eigenvalue weighted by molar-refractivity contribution is 5.81. The molecule has 1 aromatic rings. The predicted octanol–water partition coefficient (Wildman–Crippen LogP) is 3.20. The van der Waals surface area contributed by atoms with Gasteiger partial charge in [-0.3, -0.25) is 4.79 Å². The number of amides is 1. The minimum absolute atomic E-state index is 0.125. The molecular formula is C17H27NO3.